The Hall–Kier alpha value is -2.04. The molecular formula is C18H28N4O. The van der Waals surface area contributed by atoms with Gasteiger partial charge < -0.3 is 16.4 Å². The van der Waals surface area contributed by atoms with Crippen molar-refractivity contribution in [3.8, 4) is 0 Å². The Morgan fingerprint density at radius 1 is 1.17 bits per heavy atom. The number of carbonyl (C=O) groups is 1. The molecule has 1 aromatic rings. The van der Waals surface area contributed by atoms with E-state index in [4.69, 9.17) is 5.73 Å². The minimum absolute atomic E-state index is 0.0444. The van der Waals surface area contributed by atoms with Crippen LogP contribution in [0.15, 0.2) is 29.3 Å². The van der Waals surface area contributed by atoms with Gasteiger partial charge in [0, 0.05) is 18.2 Å². The van der Waals surface area contributed by atoms with Crippen LogP contribution in [0.3, 0.4) is 0 Å². The summed E-state index contributed by atoms with van der Waals surface area (Å²) in [4.78, 5) is 16.1. The van der Waals surface area contributed by atoms with Gasteiger partial charge in [-0.1, -0.05) is 37.8 Å². The van der Waals surface area contributed by atoms with Gasteiger partial charge in [0.15, 0.2) is 5.96 Å². The number of hydrogen-bond donors (Lipinski definition) is 3. The summed E-state index contributed by atoms with van der Waals surface area (Å²) in [6.07, 6.45) is 7.55. The number of hydrogen-bond acceptors (Lipinski definition) is 2. The molecule has 4 N–H and O–H groups in total. The number of nitrogens with two attached hydrogens (primary N) is 1. The third-order valence-corrected chi connectivity index (χ3v) is 4.19. The second-order valence-electron chi connectivity index (χ2n) is 6.09. The van der Waals surface area contributed by atoms with Gasteiger partial charge in [-0.05, 0) is 37.5 Å². The third-order valence-electron chi connectivity index (χ3n) is 4.19. The standard InChI is InChI=1S/C18H28N4O/c1-2-20-17(23)15-11-9-14(10-12-15)13-21-18(19)22-16-7-5-3-4-6-8-16/h9-12,16H,2-8,13H2,1H3,(H,20,23)(H3,19,21,22). The van der Waals surface area contributed by atoms with Crippen molar-refractivity contribution in [3.63, 3.8) is 0 Å². The van der Waals surface area contributed by atoms with Crippen molar-refractivity contribution in [1.29, 1.82) is 0 Å². The number of aliphatic imine (C=N–C) groups is 1. The van der Waals surface area contributed by atoms with E-state index in [2.05, 4.69) is 15.6 Å². The Morgan fingerprint density at radius 3 is 2.43 bits per heavy atom. The zero-order valence-electron chi connectivity index (χ0n) is 14.0. The number of nitrogens with zero attached hydrogens (tertiary/aromatic N) is 1. The molecule has 0 atom stereocenters. The first kappa shape index (κ1) is 17.3. The van der Waals surface area contributed by atoms with Gasteiger partial charge in [-0.3, -0.25) is 4.79 Å². The minimum atomic E-state index is -0.0444. The fourth-order valence-electron chi connectivity index (χ4n) is 2.88. The highest BCUT2D eigenvalue weighted by Crippen LogP contribution is 2.17. The van der Waals surface area contributed by atoms with E-state index in [0.717, 1.165) is 5.56 Å². The van der Waals surface area contributed by atoms with Crippen molar-refractivity contribution >= 4 is 11.9 Å². The summed E-state index contributed by atoms with van der Waals surface area (Å²) in [5, 5.41) is 6.12. The van der Waals surface area contributed by atoms with Gasteiger partial charge in [0.25, 0.3) is 5.91 Å². The van der Waals surface area contributed by atoms with Crippen LogP contribution < -0.4 is 16.4 Å². The van der Waals surface area contributed by atoms with Gasteiger partial charge in [-0.2, -0.15) is 0 Å². The van der Waals surface area contributed by atoms with Gasteiger partial charge in [-0.15, -0.1) is 0 Å². The fourth-order valence-corrected chi connectivity index (χ4v) is 2.88. The Labute approximate surface area is 138 Å². The quantitative estimate of drug-likeness (QED) is 0.444. The number of rotatable bonds is 5. The Morgan fingerprint density at radius 2 is 1.83 bits per heavy atom. The second kappa shape index (κ2) is 9.18. The van der Waals surface area contributed by atoms with Gasteiger partial charge >= 0.3 is 0 Å². The molecule has 1 saturated carbocycles. The van der Waals surface area contributed by atoms with Gasteiger partial charge in [-0.25, -0.2) is 4.99 Å². The van der Waals surface area contributed by atoms with Gasteiger partial charge in [0.05, 0.1) is 6.54 Å². The molecule has 2 rings (SSSR count). The zero-order chi connectivity index (χ0) is 16.5. The average molecular weight is 316 g/mol. The molecule has 126 valence electrons. The highest BCUT2D eigenvalue weighted by atomic mass is 16.1. The molecule has 23 heavy (non-hydrogen) atoms. The summed E-state index contributed by atoms with van der Waals surface area (Å²) in [5.41, 5.74) is 7.71. The maximum atomic E-state index is 11.7. The number of carbonyl (C=O) groups excluding carboxylic acids is 1. The summed E-state index contributed by atoms with van der Waals surface area (Å²) in [6.45, 7) is 3.07. The van der Waals surface area contributed by atoms with Crippen LogP contribution in [-0.2, 0) is 6.54 Å². The molecule has 5 nitrogen and oxygen atoms in total. The van der Waals surface area contributed by atoms with Crippen molar-refractivity contribution in [2.45, 2.75) is 58.0 Å². The SMILES string of the molecule is CCNC(=O)c1ccc(CN=C(N)NC2CCCCCC2)cc1. The molecular weight excluding hydrogens is 288 g/mol. The summed E-state index contributed by atoms with van der Waals surface area (Å²) >= 11 is 0. The monoisotopic (exact) mass is 316 g/mol. The maximum absolute atomic E-state index is 11.7. The number of guanidine groups is 1. The first-order chi connectivity index (χ1) is 11.2. The molecule has 1 fully saturated rings. The van der Waals surface area contributed by atoms with Crippen molar-refractivity contribution in [2.75, 3.05) is 6.54 Å². The first-order valence-electron chi connectivity index (χ1n) is 8.62. The highest BCUT2D eigenvalue weighted by Gasteiger charge is 2.12. The normalized spacial score (nSPS) is 16.7. The van der Waals surface area contributed by atoms with E-state index in [0.29, 0.717) is 30.7 Å². The molecule has 0 aliphatic heterocycles. The van der Waals surface area contributed by atoms with Crippen molar-refractivity contribution in [1.82, 2.24) is 10.6 Å². The molecule has 0 spiro atoms. The third kappa shape index (κ3) is 5.93. The Balaban J connectivity index is 1.84. The van der Waals surface area contributed by atoms with E-state index in [9.17, 15) is 4.79 Å². The lowest BCUT2D eigenvalue weighted by Crippen LogP contribution is -2.39. The molecule has 1 amide bonds. The van der Waals surface area contributed by atoms with E-state index >= 15 is 0 Å². The van der Waals surface area contributed by atoms with Crippen molar-refractivity contribution < 1.29 is 4.79 Å². The van der Waals surface area contributed by atoms with E-state index in [-0.39, 0.29) is 5.91 Å². The maximum Gasteiger partial charge on any atom is 0.251 e. The average Bonchev–Trinajstić information content (AvgIpc) is 2.82. The van der Waals surface area contributed by atoms with Crippen LogP contribution in [0.5, 0.6) is 0 Å². The lowest BCUT2D eigenvalue weighted by molar-refractivity contribution is 0.0956. The smallest absolute Gasteiger partial charge is 0.251 e. The molecule has 0 unspecified atom stereocenters. The largest absolute Gasteiger partial charge is 0.370 e. The predicted octanol–water partition coefficient (Wildman–Crippen LogP) is 2.56. The van der Waals surface area contributed by atoms with Gasteiger partial charge in [0.2, 0.25) is 0 Å². The van der Waals surface area contributed by atoms with Crippen LogP contribution in [-0.4, -0.2) is 24.5 Å². The van der Waals surface area contributed by atoms with Gasteiger partial charge in [0.1, 0.15) is 0 Å². The number of benzene rings is 1. The van der Waals surface area contributed by atoms with E-state index in [1.807, 2.05) is 31.2 Å². The molecule has 1 aromatic carbocycles. The molecule has 1 aliphatic rings. The lowest BCUT2D eigenvalue weighted by atomic mass is 10.1. The van der Waals surface area contributed by atoms with E-state index < -0.39 is 0 Å². The Kier molecular flexibility index (Phi) is 6.91. The summed E-state index contributed by atoms with van der Waals surface area (Å²) in [7, 11) is 0. The van der Waals surface area contributed by atoms with Crippen molar-refractivity contribution in [3.05, 3.63) is 35.4 Å². The van der Waals surface area contributed by atoms with Crippen molar-refractivity contribution in [2.24, 2.45) is 10.7 Å². The fraction of sp³-hybridized carbons (Fsp3) is 0.556. The van der Waals surface area contributed by atoms with E-state index in [1.165, 1.54) is 38.5 Å². The Bertz CT molecular complexity index is 516. The molecule has 0 heterocycles. The number of amides is 1. The topological polar surface area (TPSA) is 79.5 Å². The van der Waals surface area contributed by atoms with Crippen LogP contribution in [0.25, 0.3) is 0 Å². The van der Waals surface area contributed by atoms with Crippen LogP contribution in [0, 0.1) is 0 Å². The zero-order valence-corrected chi connectivity index (χ0v) is 14.0. The second-order valence-corrected chi connectivity index (χ2v) is 6.09. The molecule has 0 radical (unpaired) electrons. The van der Waals surface area contributed by atoms with Crippen LogP contribution in [0.4, 0.5) is 0 Å². The first-order valence-corrected chi connectivity index (χ1v) is 8.62. The molecule has 5 heteroatoms. The molecule has 1 aliphatic carbocycles. The van der Waals surface area contributed by atoms with Crippen LogP contribution in [0.2, 0.25) is 0 Å². The van der Waals surface area contributed by atoms with Crippen LogP contribution in [0.1, 0.15) is 61.4 Å². The number of nitrogens with one attached hydrogen (secondary N) is 2. The summed E-state index contributed by atoms with van der Waals surface area (Å²) in [5.74, 6) is 0.474. The van der Waals surface area contributed by atoms with Crippen LogP contribution >= 0.6 is 0 Å². The predicted molar refractivity (Wildman–Crippen MR) is 94.4 cm³/mol. The van der Waals surface area contributed by atoms with E-state index in [1.54, 1.807) is 0 Å². The summed E-state index contributed by atoms with van der Waals surface area (Å²) < 4.78 is 0. The molecule has 0 bridgehead atoms. The minimum Gasteiger partial charge on any atom is -0.370 e. The molecule has 0 aromatic heterocycles. The summed E-state index contributed by atoms with van der Waals surface area (Å²) in [6, 6.07) is 7.96. The lowest BCUT2D eigenvalue weighted by Gasteiger charge is -2.16. The highest BCUT2D eigenvalue weighted by molar-refractivity contribution is 5.94. The molecule has 0 saturated heterocycles.